The van der Waals surface area contributed by atoms with Crippen LogP contribution in [0.2, 0.25) is 0 Å². The Labute approximate surface area is 121 Å². The van der Waals surface area contributed by atoms with Gasteiger partial charge in [-0.05, 0) is 30.9 Å². The maximum absolute atomic E-state index is 12.4. The molecule has 0 aliphatic carbocycles. The van der Waals surface area contributed by atoms with E-state index in [1.165, 1.54) is 0 Å². The van der Waals surface area contributed by atoms with E-state index in [-0.39, 0.29) is 24.5 Å². The number of carbonyl (C=O) groups is 1. The van der Waals surface area contributed by atoms with Crippen molar-refractivity contribution in [1.82, 2.24) is 9.88 Å². The van der Waals surface area contributed by atoms with E-state index in [0.29, 0.717) is 6.42 Å². The molecule has 0 aliphatic rings. The van der Waals surface area contributed by atoms with Crippen molar-refractivity contribution in [3.63, 3.8) is 0 Å². The Morgan fingerprint density at radius 3 is 2.70 bits per heavy atom. The molecule has 0 bridgehead atoms. The Morgan fingerprint density at radius 1 is 1.45 bits per heavy atom. The summed E-state index contributed by atoms with van der Waals surface area (Å²) >= 11 is 0. The molecule has 0 fully saturated rings. The van der Waals surface area contributed by atoms with Crippen LogP contribution in [0.1, 0.15) is 39.2 Å². The van der Waals surface area contributed by atoms with Crippen LogP contribution in [0.15, 0.2) is 24.5 Å². The molecule has 1 unspecified atom stereocenters. The first-order valence-electron chi connectivity index (χ1n) is 7.40. The molecule has 112 valence electrons. The molecule has 20 heavy (non-hydrogen) atoms. The predicted molar refractivity (Wildman–Crippen MR) is 80.3 cm³/mol. The molecule has 1 N–H and O–H groups in total. The van der Waals surface area contributed by atoms with E-state index in [4.69, 9.17) is 0 Å². The van der Waals surface area contributed by atoms with Crippen molar-refractivity contribution in [3.05, 3.63) is 30.1 Å². The number of hydrogen-bond donors (Lipinski definition) is 1. The van der Waals surface area contributed by atoms with Crippen LogP contribution in [0.25, 0.3) is 0 Å². The van der Waals surface area contributed by atoms with Crippen LogP contribution < -0.4 is 0 Å². The normalized spacial score (nSPS) is 12.4. The monoisotopic (exact) mass is 278 g/mol. The summed E-state index contributed by atoms with van der Waals surface area (Å²) in [5.41, 5.74) is 1.10. The molecule has 0 aliphatic heterocycles. The van der Waals surface area contributed by atoms with Gasteiger partial charge < -0.3 is 10.0 Å². The minimum Gasteiger partial charge on any atom is -0.396 e. The Bertz CT molecular complexity index is 393. The third kappa shape index (κ3) is 4.93. The lowest BCUT2D eigenvalue weighted by Gasteiger charge is -2.33. The molecule has 1 heterocycles. The van der Waals surface area contributed by atoms with Crippen molar-refractivity contribution in [2.24, 2.45) is 5.92 Å². The van der Waals surface area contributed by atoms with Crippen LogP contribution in [-0.2, 0) is 11.2 Å². The second-order valence-electron chi connectivity index (χ2n) is 5.42. The molecular formula is C16H26N2O2. The SMILES string of the molecule is CCCN(C(=O)C(C)C)C(CCO)Cc1cccnc1. The highest BCUT2D eigenvalue weighted by molar-refractivity contribution is 5.78. The van der Waals surface area contributed by atoms with Gasteiger partial charge in [-0.3, -0.25) is 9.78 Å². The molecule has 4 nitrogen and oxygen atoms in total. The Morgan fingerprint density at radius 2 is 2.20 bits per heavy atom. The molecule has 0 spiro atoms. The smallest absolute Gasteiger partial charge is 0.225 e. The third-order valence-corrected chi connectivity index (χ3v) is 3.34. The zero-order valence-corrected chi connectivity index (χ0v) is 12.7. The van der Waals surface area contributed by atoms with Crippen LogP contribution in [0.3, 0.4) is 0 Å². The first-order chi connectivity index (χ1) is 9.60. The van der Waals surface area contributed by atoms with Crippen molar-refractivity contribution >= 4 is 5.91 Å². The Hall–Kier alpha value is -1.42. The van der Waals surface area contributed by atoms with Crippen LogP contribution >= 0.6 is 0 Å². The molecule has 1 aromatic heterocycles. The largest absolute Gasteiger partial charge is 0.396 e. The van der Waals surface area contributed by atoms with Crippen LogP contribution in [0.5, 0.6) is 0 Å². The highest BCUT2D eigenvalue weighted by atomic mass is 16.3. The van der Waals surface area contributed by atoms with E-state index >= 15 is 0 Å². The minimum absolute atomic E-state index is 0.0170. The maximum atomic E-state index is 12.4. The molecule has 1 atom stereocenters. The van der Waals surface area contributed by atoms with Crippen LogP contribution in [0, 0.1) is 5.92 Å². The third-order valence-electron chi connectivity index (χ3n) is 3.34. The first-order valence-corrected chi connectivity index (χ1v) is 7.40. The molecule has 0 saturated heterocycles. The van der Waals surface area contributed by atoms with E-state index < -0.39 is 0 Å². The highest BCUT2D eigenvalue weighted by Gasteiger charge is 2.24. The second kappa shape index (κ2) is 8.69. The quantitative estimate of drug-likeness (QED) is 0.793. The van der Waals surface area contributed by atoms with Gasteiger partial charge in [0.1, 0.15) is 0 Å². The summed E-state index contributed by atoms with van der Waals surface area (Å²) in [6.45, 7) is 6.75. The number of nitrogens with zero attached hydrogens (tertiary/aromatic N) is 2. The first kappa shape index (κ1) is 16.6. The molecule has 1 amide bonds. The van der Waals surface area contributed by atoms with Gasteiger partial charge in [-0.15, -0.1) is 0 Å². The summed E-state index contributed by atoms with van der Waals surface area (Å²) in [6.07, 6.45) is 5.84. The average molecular weight is 278 g/mol. The summed E-state index contributed by atoms with van der Waals surface area (Å²) in [4.78, 5) is 18.4. The van der Waals surface area contributed by atoms with Gasteiger partial charge >= 0.3 is 0 Å². The van der Waals surface area contributed by atoms with Crippen LogP contribution in [0.4, 0.5) is 0 Å². The number of hydrogen-bond acceptors (Lipinski definition) is 3. The van der Waals surface area contributed by atoms with Crippen molar-refractivity contribution in [2.45, 2.75) is 46.1 Å². The lowest BCUT2D eigenvalue weighted by Crippen LogP contribution is -2.44. The van der Waals surface area contributed by atoms with Crippen molar-refractivity contribution < 1.29 is 9.90 Å². The van der Waals surface area contributed by atoms with Gasteiger partial charge in [0.2, 0.25) is 5.91 Å². The van der Waals surface area contributed by atoms with Gasteiger partial charge in [0.05, 0.1) is 0 Å². The van der Waals surface area contributed by atoms with Gasteiger partial charge in [-0.25, -0.2) is 0 Å². The molecule has 1 aromatic rings. The molecule has 0 aromatic carbocycles. The number of carbonyl (C=O) groups excluding carboxylic acids is 1. The molecule has 0 radical (unpaired) electrons. The zero-order valence-electron chi connectivity index (χ0n) is 12.7. The lowest BCUT2D eigenvalue weighted by atomic mass is 10.0. The van der Waals surface area contributed by atoms with Gasteiger partial charge in [0, 0.05) is 37.5 Å². The van der Waals surface area contributed by atoms with Crippen molar-refractivity contribution in [3.8, 4) is 0 Å². The highest BCUT2D eigenvalue weighted by Crippen LogP contribution is 2.15. The molecular weight excluding hydrogens is 252 g/mol. The summed E-state index contributed by atoms with van der Waals surface area (Å²) in [7, 11) is 0. The van der Waals surface area contributed by atoms with Crippen molar-refractivity contribution in [1.29, 1.82) is 0 Å². The predicted octanol–water partition coefficient (Wildman–Crippen LogP) is 2.27. The number of aliphatic hydroxyl groups is 1. The number of rotatable bonds is 8. The Kier molecular flexibility index (Phi) is 7.23. The summed E-state index contributed by atoms with van der Waals surface area (Å²) < 4.78 is 0. The minimum atomic E-state index is -0.0170. The number of amides is 1. The standard InChI is InChI=1S/C16H26N2O2/c1-4-9-18(16(20)13(2)3)15(7-10-19)11-14-6-5-8-17-12-14/h5-6,8,12-13,15,19H,4,7,9-11H2,1-3H3. The molecule has 4 heteroatoms. The average Bonchev–Trinajstić information content (AvgIpc) is 2.44. The lowest BCUT2D eigenvalue weighted by molar-refractivity contribution is -0.137. The van der Waals surface area contributed by atoms with Crippen LogP contribution in [-0.4, -0.2) is 40.1 Å². The van der Waals surface area contributed by atoms with E-state index in [0.717, 1.165) is 24.9 Å². The Balaban J connectivity index is 2.86. The fourth-order valence-electron chi connectivity index (χ4n) is 2.35. The summed E-state index contributed by atoms with van der Waals surface area (Å²) in [6, 6.07) is 3.96. The van der Waals surface area contributed by atoms with Gasteiger partial charge in [0.25, 0.3) is 0 Å². The van der Waals surface area contributed by atoms with Gasteiger partial charge in [-0.1, -0.05) is 26.8 Å². The summed E-state index contributed by atoms with van der Waals surface area (Å²) in [5.74, 6) is 0.144. The topological polar surface area (TPSA) is 53.4 Å². The van der Waals surface area contributed by atoms with E-state index in [1.807, 2.05) is 37.1 Å². The molecule has 1 rings (SSSR count). The zero-order chi connectivity index (χ0) is 15.0. The number of pyridine rings is 1. The molecule has 0 saturated carbocycles. The number of aliphatic hydroxyl groups excluding tert-OH is 1. The fraction of sp³-hybridized carbons (Fsp3) is 0.625. The van der Waals surface area contributed by atoms with E-state index in [2.05, 4.69) is 11.9 Å². The summed E-state index contributed by atoms with van der Waals surface area (Å²) in [5, 5.41) is 9.30. The van der Waals surface area contributed by atoms with Gasteiger partial charge in [0.15, 0.2) is 0 Å². The number of aromatic nitrogens is 1. The fourth-order valence-corrected chi connectivity index (χ4v) is 2.35. The second-order valence-corrected chi connectivity index (χ2v) is 5.42. The van der Waals surface area contributed by atoms with E-state index in [9.17, 15) is 9.90 Å². The maximum Gasteiger partial charge on any atom is 0.225 e. The van der Waals surface area contributed by atoms with E-state index in [1.54, 1.807) is 6.20 Å². The van der Waals surface area contributed by atoms with Gasteiger partial charge in [-0.2, -0.15) is 0 Å². The van der Waals surface area contributed by atoms with Crippen molar-refractivity contribution in [2.75, 3.05) is 13.2 Å².